The number of benzene rings is 1. The summed E-state index contributed by atoms with van der Waals surface area (Å²) in [6.45, 7) is -0.148. The number of thiophene rings is 1. The fourth-order valence-corrected chi connectivity index (χ4v) is 2.47. The van der Waals surface area contributed by atoms with E-state index in [4.69, 9.17) is 14.7 Å². The number of carbonyl (C=O) groups excluding carboxylic acids is 2. The maximum Gasteiger partial charge on any atom is 0.344 e. The first-order valence-electron chi connectivity index (χ1n) is 7.12. The molecule has 2 rings (SSSR count). The lowest BCUT2D eigenvalue weighted by molar-refractivity contribution is -0.153. The Hall–Kier alpha value is -2.85. The van der Waals surface area contributed by atoms with E-state index in [0.29, 0.717) is 17.9 Å². The molecule has 0 bridgehead atoms. The highest BCUT2D eigenvalue weighted by Crippen LogP contribution is 2.11. The van der Waals surface area contributed by atoms with E-state index in [2.05, 4.69) is 0 Å². The van der Waals surface area contributed by atoms with E-state index in [1.807, 2.05) is 22.9 Å². The van der Waals surface area contributed by atoms with Gasteiger partial charge in [0, 0.05) is 13.6 Å². The van der Waals surface area contributed by atoms with Crippen molar-refractivity contribution in [1.82, 2.24) is 4.90 Å². The summed E-state index contributed by atoms with van der Waals surface area (Å²) in [5, 5.41) is 12.6. The van der Waals surface area contributed by atoms with Gasteiger partial charge in [-0.1, -0.05) is 0 Å². The lowest BCUT2D eigenvalue weighted by atomic mass is 10.2. The molecule has 2 aromatic rings. The van der Waals surface area contributed by atoms with Crippen molar-refractivity contribution in [3.63, 3.8) is 0 Å². The van der Waals surface area contributed by atoms with Crippen molar-refractivity contribution >= 4 is 23.2 Å². The molecule has 6 nitrogen and oxygen atoms in total. The Balaban J connectivity index is 1.70. The third kappa shape index (κ3) is 5.41. The molecule has 0 radical (unpaired) electrons. The van der Waals surface area contributed by atoms with E-state index in [-0.39, 0.29) is 19.1 Å². The highest BCUT2D eigenvalue weighted by atomic mass is 32.1. The smallest absolute Gasteiger partial charge is 0.344 e. The Bertz CT molecular complexity index is 720. The molecule has 1 amide bonds. The Morgan fingerprint density at radius 1 is 1.21 bits per heavy atom. The first-order chi connectivity index (χ1) is 11.6. The van der Waals surface area contributed by atoms with Crippen LogP contribution < -0.4 is 4.74 Å². The second-order valence-electron chi connectivity index (χ2n) is 4.97. The normalized spacial score (nSPS) is 9.83. The van der Waals surface area contributed by atoms with Crippen LogP contribution in [0.15, 0.2) is 41.1 Å². The van der Waals surface area contributed by atoms with Crippen LogP contribution in [0.5, 0.6) is 5.75 Å². The molecule has 124 valence electrons. The molecule has 0 atom stereocenters. The predicted octanol–water partition coefficient (Wildman–Crippen LogP) is 2.20. The van der Waals surface area contributed by atoms with Gasteiger partial charge in [0.2, 0.25) is 0 Å². The number of hydrogen-bond acceptors (Lipinski definition) is 6. The van der Waals surface area contributed by atoms with E-state index < -0.39 is 5.97 Å². The Kier molecular flexibility index (Phi) is 6.34. The van der Waals surface area contributed by atoms with Crippen molar-refractivity contribution in [2.24, 2.45) is 0 Å². The number of amides is 1. The highest BCUT2D eigenvalue weighted by Gasteiger charge is 2.13. The van der Waals surface area contributed by atoms with Crippen molar-refractivity contribution in [3.8, 4) is 11.8 Å². The van der Waals surface area contributed by atoms with Gasteiger partial charge in [0.15, 0.2) is 13.2 Å². The van der Waals surface area contributed by atoms with Gasteiger partial charge in [-0.25, -0.2) is 4.79 Å². The van der Waals surface area contributed by atoms with Gasteiger partial charge >= 0.3 is 5.97 Å². The molecule has 0 saturated carbocycles. The van der Waals surface area contributed by atoms with Crippen molar-refractivity contribution < 1.29 is 19.1 Å². The summed E-state index contributed by atoms with van der Waals surface area (Å²) in [4.78, 5) is 25.0. The van der Waals surface area contributed by atoms with Crippen LogP contribution in [-0.4, -0.2) is 37.0 Å². The van der Waals surface area contributed by atoms with E-state index in [9.17, 15) is 9.59 Å². The fourth-order valence-electron chi connectivity index (χ4n) is 1.81. The van der Waals surface area contributed by atoms with Gasteiger partial charge in [0.25, 0.3) is 5.91 Å². The molecule has 0 N–H and O–H groups in total. The van der Waals surface area contributed by atoms with Crippen LogP contribution in [0, 0.1) is 11.3 Å². The zero-order valence-electron chi connectivity index (χ0n) is 13.1. The zero-order valence-corrected chi connectivity index (χ0v) is 13.9. The Labute approximate surface area is 143 Å². The lowest BCUT2D eigenvalue weighted by Crippen LogP contribution is -2.31. The zero-order chi connectivity index (χ0) is 17.4. The summed E-state index contributed by atoms with van der Waals surface area (Å²) in [5.74, 6) is -0.462. The Morgan fingerprint density at radius 2 is 1.96 bits per heavy atom. The van der Waals surface area contributed by atoms with Gasteiger partial charge in [-0.2, -0.15) is 16.6 Å². The van der Waals surface area contributed by atoms with Crippen LogP contribution in [0.4, 0.5) is 0 Å². The van der Waals surface area contributed by atoms with Crippen LogP contribution in [0.2, 0.25) is 0 Å². The molecule has 0 aliphatic carbocycles. The van der Waals surface area contributed by atoms with E-state index in [1.54, 1.807) is 42.6 Å². The van der Waals surface area contributed by atoms with Gasteiger partial charge in [-0.3, -0.25) is 4.79 Å². The molecule has 7 heteroatoms. The van der Waals surface area contributed by atoms with E-state index in [1.165, 1.54) is 4.90 Å². The topological polar surface area (TPSA) is 79.6 Å². The number of likely N-dealkylation sites (N-methyl/N-ethyl adjacent to an activating group) is 1. The van der Waals surface area contributed by atoms with Crippen LogP contribution in [-0.2, 0) is 20.9 Å². The van der Waals surface area contributed by atoms with Gasteiger partial charge in [0.1, 0.15) is 5.75 Å². The third-order valence-electron chi connectivity index (χ3n) is 3.12. The van der Waals surface area contributed by atoms with E-state index >= 15 is 0 Å². The monoisotopic (exact) mass is 344 g/mol. The van der Waals surface area contributed by atoms with Crippen molar-refractivity contribution in [3.05, 3.63) is 52.2 Å². The molecular formula is C17H16N2O4S. The maximum absolute atomic E-state index is 11.9. The van der Waals surface area contributed by atoms with Crippen molar-refractivity contribution in [2.75, 3.05) is 20.3 Å². The molecule has 1 aromatic heterocycles. The van der Waals surface area contributed by atoms with Crippen LogP contribution in [0.3, 0.4) is 0 Å². The fraction of sp³-hybridized carbons (Fsp3) is 0.235. The largest absolute Gasteiger partial charge is 0.482 e. The Morgan fingerprint density at radius 3 is 2.58 bits per heavy atom. The SMILES string of the molecule is CN(Cc1ccsc1)C(=O)COC(=O)COc1ccc(C#N)cc1. The summed E-state index contributed by atoms with van der Waals surface area (Å²) >= 11 is 1.56. The first kappa shape index (κ1) is 17.5. The summed E-state index contributed by atoms with van der Waals surface area (Å²) in [6.07, 6.45) is 0. The van der Waals surface area contributed by atoms with Gasteiger partial charge in [-0.15, -0.1) is 0 Å². The molecule has 0 aliphatic rings. The molecular weight excluding hydrogens is 328 g/mol. The van der Waals surface area contributed by atoms with Crippen LogP contribution >= 0.6 is 11.3 Å². The highest BCUT2D eigenvalue weighted by molar-refractivity contribution is 7.07. The lowest BCUT2D eigenvalue weighted by Gasteiger charge is -2.16. The summed E-state index contributed by atoms with van der Waals surface area (Å²) < 4.78 is 10.1. The molecule has 0 aliphatic heterocycles. The average Bonchev–Trinajstić information content (AvgIpc) is 3.11. The quantitative estimate of drug-likeness (QED) is 0.720. The predicted molar refractivity (Wildman–Crippen MR) is 88.4 cm³/mol. The van der Waals surface area contributed by atoms with Crippen molar-refractivity contribution in [1.29, 1.82) is 5.26 Å². The molecule has 24 heavy (non-hydrogen) atoms. The number of ether oxygens (including phenoxy) is 2. The minimum atomic E-state index is -0.628. The van der Waals surface area contributed by atoms with Gasteiger partial charge in [0.05, 0.1) is 11.6 Å². The van der Waals surface area contributed by atoms with Crippen molar-refractivity contribution in [2.45, 2.75) is 6.54 Å². The molecule has 0 fully saturated rings. The summed E-state index contributed by atoms with van der Waals surface area (Å²) in [5.41, 5.74) is 1.54. The summed E-state index contributed by atoms with van der Waals surface area (Å²) in [6, 6.07) is 10.3. The van der Waals surface area contributed by atoms with E-state index in [0.717, 1.165) is 5.56 Å². The average molecular weight is 344 g/mol. The third-order valence-corrected chi connectivity index (χ3v) is 3.85. The molecule has 0 spiro atoms. The summed E-state index contributed by atoms with van der Waals surface area (Å²) in [7, 11) is 1.65. The second-order valence-corrected chi connectivity index (χ2v) is 5.75. The molecule has 0 saturated heterocycles. The second kappa shape index (κ2) is 8.70. The first-order valence-corrected chi connectivity index (χ1v) is 8.06. The number of carbonyl (C=O) groups is 2. The van der Waals surface area contributed by atoms with Gasteiger partial charge in [-0.05, 0) is 46.7 Å². The van der Waals surface area contributed by atoms with Crippen LogP contribution in [0.25, 0.3) is 0 Å². The number of hydrogen-bond donors (Lipinski definition) is 0. The minimum Gasteiger partial charge on any atom is -0.482 e. The molecule has 1 aromatic carbocycles. The number of esters is 1. The molecule has 0 unspecified atom stereocenters. The molecule has 1 heterocycles. The standard InChI is InChI=1S/C17H16N2O4S/c1-19(9-14-6-7-24-12-14)16(20)10-23-17(21)11-22-15-4-2-13(8-18)3-5-15/h2-7,12H,9-11H2,1H3. The van der Waals surface area contributed by atoms with Crippen LogP contribution in [0.1, 0.15) is 11.1 Å². The number of nitrogens with zero attached hydrogens (tertiary/aromatic N) is 2. The van der Waals surface area contributed by atoms with Gasteiger partial charge < -0.3 is 14.4 Å². The number of rotatable bonds is 7. The number of nitriles is 1. The maximum atomic E-state index is 11.9. The minimum absolute atomic E-state index is 0.284.